The van der Waals surface area contributed by atoms with E-state index in [0.717, 1.165) is 17.1 Å². The first-order valence-electron chi connectivity index (χ1n) is 8.85. The van der Waals surface area contributed by atoms with Crippen LogP contribution in [0.15, 0.2) is 66.9 Å². The minimum atomic E-state index is -0.230. The fourth-order valence-corrected chi connectivity index (χ4v) is 2.61. The van der Waals surface area contributed by atoms with Crippen molar-refractivity contribution in [3.8, 4) is 0 Å². The molecule has 5 nitrogen and oxygen atoms in total. The maximum atomic E-state index is 12.5. The van der Waals surface area contributed by atoms with Gasteiger partial charge in [-0.2, -0.15) is 0 Å². The van der Waals surface area contributed by atoms with Crippen LogP contribution in [0.2, 0.25) is 0 Å². The molecule has 0 spiro atoms. The number of amides is 1. The lowest BCUT2D eigenvalue weighted by Crippen LogP contribution is -2.14. The fraction of sp³-hybridized carbons (Fsp3) is 0.182. The summed E-state index contributed by atoms with van der Waals surface area (Å²) in [6.45, 7) is 2.76. The molecular weight excluding hydrogens is 336 g/mol. The van der Waals surface area contributed by atoms with Gasteiger partial charge in [0, 0.05) is 43.9 Å². The smallest absolute Gasteiger partial charge is 0.274 e. The summed E-state index contributed by atoms with van der Waals surface area (Å²) in [5.74, 6) is -0.230. The molecule has 0 aliphatic carbocycles. The van der Waals surface area contributed by atoms with Gasteiger partial charge in [-0.3, -0.25) is 9.78 Å². The van der Waals surface area contributed by atoms with Crippen molar-refractivity contribution >= 4 is 23.0 Å². The van der Waals surface area contributed by atoms with Gasteiger partial charge in [0.1, 0.15) is 5.69 Å². The molecule has 0 radical (unpaired) electrons. The molecule has 0 unspecified atom stereocenters. The Morgan fingerprint density at radius 1 is 0.963 bits per heavy atom. The lowest BCUT2D eigenvalue weighted by Gasteiger charge is -2.13. The van der Waals surface area contributed by atoms with Crippen molar-refractivity contribution < 1.29 is 4.79 Å². The van der Waals surface area contributed by atoms with Crippen LogP contribution in [0.25, 0.3) is 0 Å². The third-order valence-electron chi connectivity index (χ3n) is 4.25. The molecule has 27 heavy (non-hydrogen) atoms. The maximum absolute atomic E-state index is 12.5. The molecule has 3 aromatic rings. The summed E-state index contributed by atoms with van der Waals surface area (Å²) in [6.07, 6.45) is 1.64. The molecule has 0 aliphatic rings. The van der Waals surface area contributed by atoms with Crippen molar-refractivity contribution in [1.82, 2.24) is 4.98 Å². The van der Waals surface area contributed by atoms with Crippen LogP contribution in [0, 0.1) is 6.92 Å². The van der Waals surface area contributed by atoms with Crippen LogP contribution in [0.4, 0.5) is 17.1 Å². The third-order valence-corrected chi connectivity index (χ3v) is 4.25. The summed E-state index contributed by atoms with van der Waals surface area (Å²) in [6, 6.07) is 19.7. The average molecular weight is 360 g/mol. The van der Waals surface area contributed by atoms with Gasteiger partial charge < -0.3 is 15.5 Å². The van der Waals surface area contributed by atoms with Crippen molar-refractivity contribution in [2.75, 3.05) is 29.6 Å². The van der Waals surface area contributed by atoms with Gasteiger partial charge in [0.05, 0.1) is 0 Å². The molecule has 1 heterocycles. The van der Waals surface area contributed by atoms with E-state index in [-0.39, 0.29) is 5.91 Å². The number of nitrogens with one attached hydrogen (secondary N) is 2. The minimum Gasteiger partial charge on any atom is -0.381 e. The Bertz CT molecular complexity index is 902. The van der Waals surface area contributed by atoms with Gasteiger partial charge in [0.15, 0.2) is 0 Å². The maximum Gasteiger partial charge on any atom is 0.274 e. The number of aromatic nitrogens is 1. The number of pyridine rings is 1. The standard InChI is InChI=1S/C22H24N4O/c1-16-4-6-17(7-5-16)15-24-19-12-13-23-21(14-19)22(27)25-18-8-10-20(11-9-18)26(2)3/h4-14H,15H2,1-3H3,(H,23,24)(H,25,27). The zero-order chi connectivity index (χ0) is 19.2. The first kappa shape index (κ1) is 18.5. The zero-order valence-electron chi connectivity index (χ0n) is 15.9. The van der Waals surface area contributed by atoms with Crippen molar-refractivity contribution in [3.05, 3.63) is 83.7 Å². The highest BCUT2D eigenvalue weighted by Crippen LogP contribution is 2.17. The second kappa shape index (κ2) is 8.36. The van der Waals surface area contributed by atoms with Gasteiger partial charge in [0.25, 0.3) is 5.91 Å². The SMILES string of the molecule is Cc1ccc(CNc2ccnc(C(=O)Nc3ccc(N(C)C)cc3)c2)cc1. The van der Waals surface area contributed by atoms with Crippen LogP contribution in [0.5, 0.6) is 0 Å². The Morgan fingerprint density at radius 3 is 2.33 bits per heavy atom. The monoisotopic (exact) mass is 360 g/mol. The number of nitrogens with zero attached hydrogens (tertiary/aromatic N) is 2. The second-order valence-electron chi connectivity index (χ2n) is 6.66. The number of hydrogen-bond donors (Lipinski definition) is 2. The van der Waals surface area contributed by atoms with Crippen molar-refractivity contribution in [2.24, 2.45) is 0 Å². The van der Waals surface area contributed by atoms with E-state index in [1.807, 2.05) is 49.3 Å². The fourth-order valence-electron chi connectivity index (χ4n) is 2.61. The molecule has 0 aliphatic heterocycles. The molecule has 1 aromatic heterocycles. The second-order valence-corrected chi connectivity index (χ2v) is 6.66. The van der Waals surface area contributed by atoms with Crippen LogP contribution in [-0.2, 0) is 6.54 Å². The number of carbonyl (C=O) groups excluding carboxylic acids is 1. The van der Waals surface area contributed by atoms with Gasteiger partial charge in [-0.05, 0) is 48.9 Å². The summed E-state index contributed by atoms with van der Waals surface area (Å²) in [4.78, 5) is 18.7. The summed E-state index contributed by atoms with van der Waals surface area (Å²) in [5.41, 5.74) is 5.47. The Morgan fingerprint density at radius 2 is 1.67 bits per heavy atom. The number of aryl methyl sites for hydroxylation is 1. The molecule has 2 aromatic carbocycles. The highest BCUT2D eigenvalue weighted by Gasteiger charge is 2.09. The van der Waals surface area contributed by atoms with E-state index in [9.17, 15) is 4.79 Å². The predicted octanol–water partition coefficient (Wildman–Crippen LogP) is 4.32. The Hall–Kier alpha value is -3.34. The highest BCUT2D eigenvalue weighted by molar-refractivity contribution is 6.03. The molecule has 2 N–H and O–H groups in total. The summed E-state index contributed by atoms with van der Waals surface area (Å²) in [5, 5.41) is 6.22. The van der Waals surface area contributed by atoms with Crippen LogP contribution < -0.4 is 15.5 Å². The molecule has 0 bridgehead atoms. The quantitative estimate of drug-likeness (QED) is 0.687. The molecule has 0 saturated heterocycles. The molecular formula is C22H24N4O. The van der Waals surface area contributed by atoms with Crippen LogP contribution >= 0.6 is 0 Å². The van der Waals surface area contributed by atoms with E-state index >= 15 is 0 Å². The normalized spacial score (nSPS) is 10.3. The number of benzene rings is 2. The number of hydrogen-bond acceptors (Lipinski definition) is 4. The van der Waals surface area contributed by atoms with Crippen molar-refractivity contribution in [2.45, 2.75) is 13.5 Å². The number of rotatable bonds is 6. The molecule has 5 heteroatoms. The van der Waals surface area contributed by atoms with E-state index in [1.165, 1.54) is 11.1 Å². The van der Waals surface area contributed by atoms with Crippen LogP contribution in [-0.4, -0.2) is 25.0 Å². The lowest BCUT2D eigenvalue weighted by atomic mass is 10.1. The molecule has 3 rings (SSSR count). The van der Waals surface area contributed by atoms with Crippen molar-refractivity contribution in [1.29, 1.82) is 0 Å². The topological polar surface area (TPSA) is 57.3 Å². The van der Waals surface area contributed by atoms with Crippen LogP contribution in [0.3, 0.4) is 0 Å². The van der Waals surface area contributed by atoms with Gasteiger partial charge in [0.2, 0.25) is 0 Å². The van der Waals surface area contributed by atoms with E-state index in [1.54, 1.807) is 12.3 Å². The molecule has 0 saturated carbocycles. The van der Waals surface area contributed by atoms with Crippen molar-refractivity contribution in [3.63, 3.8) is 0 Å². The zero-order valence-corrected chi connectivity index (χ0v) is 15.9. The molecule has 0 fully saturated rings. The van der Waals surface area contributed by atoms with E-state index < -0.39 is 0 Å². The largest absolute Gasteiger partial charge is 0.381 e. The van der Waals surface area contributed by atoms with Gasteiger partial charge in [-0.15, -0.1) is 0 Å². The van der Waals surface area contributed by atoms with Gasteiger partial charge >= 0.3 is 0 Å². The highest BCUT2D eigenvalue weighted by atomic mass is 16.1. The Labute approximate surface area is 160 Å². The first-order chi connectivity index (χ1) is 13.0. The summed E-state index contributed by atoms with van der Waals surface area (Å²) >= 11 is 0. The average Bonchev–Trinajstić information content (AvgIpc) is 2.68. The molecule has 1 amide bonds. The predicted molar refractivity (Wildman–Crippen MR) is 111 cm³/mol. The van der Waals surface area contributed by atoms with E-state index in [4.69, 9.17) is 0 Å². The summed E-state index contributed by atoms with van der Waals surface area (Å²) in [7, 11) is 3.96. The Balaban J connectivity index is 1.63. The van der Waals surface area contributed by atoms with Gasteiger partial charge in [-0.25, -0.2) is 0 Å². The number of carbonyl (C=O) groups is 1. The van der Waals surface area contributed by atoms with Crippen LogP contribution in [0.1, 0.15) is 21.6 Å². The third kappa shape index (κ3) is 5.07. The first-order valence-corrected chi connectivity index (χ1v) is 8.85. The molecule has 138 valence electrons. The van der Waals surface area contributed by atoms with E-state index in [0.29, 0.717) is 12.2 Å². The van der Waals surface area contributed by atoms with Gasteiger partial charge in [-0.1, -0.05) is 29.8 Å². The minimum absolute atomic E-state index is 0.230. The summed E-state index contributed by atoms with van der Waals surface area (Å²) < 4.78 is 0. The lowest BCUT2D eigenvalue weighted by molar-refractivity contribution is 0.102. The van der Waals surface area contributed by atoms with E-state index in [2.05, 4.69) is 46.8 Å². The molecule has 0 atom stereocenters. The number of anilines is 3. The Kier molecular flexibility index (Phi) is 5.71.